The zero-order valence-corrected chi connectivity index (χ0v) is 13.1. The first-order valence-electron chi connectivity index (χ1n) is 7.44. The summed E-state index contributed by atoms with van der Waals surface area (Å²) in [6, 6.07) is 10.1. The first kappa shape index (κ1) is 15.8. The van der Waals surface area contributed by atoms with Crippen LogP contribution in [0, 0.1) is 0 Å². The van der Waals surface area contributed by atoms with Gasteiger partial charge in [0.2, 0.25) is 0 Å². The second-order valence-electron chi connectivity index (χ2n) is 5.06. The molecule has 2 heterocycles. The van der Waals surface area contributed by atoms with Gasteiger partial charge in [-0.2, -0.15) is 0 Å². The zero-order chi connectivity index (χ0) is 16.9. The third kappa shape index (κ3) is 3.29. The number of rotatable bonds is 6. The van der Waals surface area contributed by atoms with Crippen LogP contribution in [0.5, 0.6) is 5.75 Å². The monoisotopic (exact) mass is 328 g/mol. The summed E-state index contributed by atoms with van der Waals surface area (Å²) in [5, 5.41) is 0. The van der Waals surface area contributed by atoms with Crippen LogP contribution in [0.3, 0.4) is 0 Å². The normalized spacial score (nSPS) is 10.7. The third-order valence-electron chi connectivity index (χ3n) is 3.49. The molecule has 1 aromatic carbocycles. The van der Waals surface area contributed by atoms with Crippen molar-refractivity contribution in [1.82, 2.24) is 9.55 Å². The van der Waals surface area contributed by atoms with Gasteiger partial charge in [-0.25, -0.2) is 14.6 Å². The van der Waals surface area contributed by atoms with Gasteiger partial charge in [0.25, 0.3) is 0 Å². The van der Waals surface area contributed by atoms with Crippen molar-refractivity contribution in [2.45, 2.75) is 13.0 Å². The Hall–Kier alpha value is -3.09. The summed E-state index contributed by atoms with van der Waals surface area (Å²) in [6.07, 6.45) is 2.23. The summed E-state index contributed by atoms with van der Waals surface area (Å²) in [7, 11) is 1.34. The first-order valence-corrected chi connectivity index (χ1v) is 7.44. The largest absolute Gasteiger partial charge is 0.494 e. The Labute approximate surface area is 137 Å². The standard InChI is InChI=1S/C17H16N2O5/c1-22-16(20)12-5-7-13(8-6-12)23-11-3-10-19-15-14(24-17(19)21)4-2-9-18-15/h2,4-9H,3,10-11H2,1H3. The smallest absolute Gasteiger partial charge is 0.421 e. The van der Waals surface area contributed by atoms with E-state index in [1.54, 1.807) is 42.6 Å². The number of oxazole rings is 1. The van der Waals surface area contributed by atoms with Gasteiger partial charge in [-0.1, -0.05) is 0 Å². The van der Waals surface area contributed by atoms with Crippen molar-refractivity contribution >= 4 is 17.2 Å². The third-order valence-corrected chi connectivity index (χ3v) is 3.49. The molecular weight excluding hydrogens is 312 g/mol. The van der Waals surface area contributed by atoms with Gasteiger partial charge in [-0.3, -0.25) is 4.57 Å². The minimum Gasteiger partial charge on any atom is -0.494 e. The molecule has 0 aliphatic heterocycles. The van der Waals surface area contributed by atoms with E-state index in [0.29, 0.717) is 42.1 Å². The average Bonchev–Trinajstić information content (AvgIpc) is 2.94. The maximum Gasteiger partial charge on any atom is 0.421 e. The second kappa shape index (κ2) is 6.99. The first-order chi connectivity index (χ1) is 11.7. The number of nitrogens with zero attached hydrogens (tertiary/aromatic N) is 2. The topological polar surface area (TPSA) is 83.6 Å². The second-order valence-corrected chi connectivity index (χ2v) is 5.06. The molecule has 0 atom stereocenters. The number of hydrogen-bond acceptors (Lipinski definition) is 6. The van der Waals surface area contributed by atoms with E-state index in [4.69, 9.17) is 9.15 Å². The Morgan fingerprint density at radius 3 is 2.79 bits per heavy atom. The lowest BCUT2D eigenvalue weighted by Gasteiger charge is -2.07. The summed E-state index contributed by atoms with van der Waals surface area (Å²) < 4.78 is 16.8. The maximum absolute atomic E-state index is 11.8. The predicted molar refractivity (Wildman–Crippen MR) is 86.2 cm³/mol. The number of aromatic nitrogens is 2. The summed E-state index contributed by atoms with van der Waals surface area (Å²) in [4.78, 5) is 27.3. The van der Waals surface area contributed by atoms with Crippen molar-refractivity contribution in [3.8, 4) is 5.75 Å². The lowest BCUT2D eigenvalue weighted by molar-refractivity contribution is 0.0600. The molecule has 0 aliphatic carbocycles. The highest BCUT2D eigenvalue weighted by molar-refractivity contribution is 5.89. The van der Waals surface area contributed by atoms with Gasteiger partial charge in [-0.05, 0) is 42.8 Å². The lowest BCUT2D eigenvalue weighted by atomic mass is 10.2. The van der Waals surface area contributed by atoms with Crippen LogP contribution >= 0.6 is 0 Å². The van der Waals surface area contributed by atoms with Crippen LogP contribution in [0.4, 0.5) is 0 Å². The van der Waals surface area contributed by atoms with Crippen molar-refractivity contribution in [3.63, 3.8) is 0 Å². The molecule has 2 aromatic heterocycles. The molecule has 0 amide bonds. The van der Waals surface area contributed by atoms with Crippen LogP contribution in [0.2, 0.25) is 0 Å². The Morgan fingerprint density at radius 1 is 1.25 bits per heavy atom. The van der Waals surface area contributed by atoms with Crippen LogP contribution in [0.25, 0.3) is 11.2 Å². The fraction of sp³-hybridized carbons (Fsp3) is 0.235. The van der Waals surface area contributed by atoms with Crippen LogP contribution in [0.15, 0.2) is 51.8 Å². The van der Waals surface area contributed by atoms with E-state index in [1.165, 1.54) is 11.7 Å². The van der Waals surface area contributed by atoms with Crippen LogP contribution < -0.4 is 10.5 Å². The van der Waals surface area contributed by atoms with Crippen LogP contribution in [-0.2, 0) is 11.3 Å². The number of carbonyl (C=O) groups excluding carboxylic acids is 1. The molecule has 0 N–H and O–H groups in total. The van der Waals surface area contributed by atoms with E-state index in [0.717, 1.165) is 0 Å². The molecule has 0 spiro atoms. The Kier molecular flexibility index (Phi) is 4.60. The van der Waals surface area contributed by atoms with E-state index in [9.17, 15) is 9.59 Å². The van der Waals surface area contributed by atoms with Crippen molar-refractivity contribution in [1.29, 1.82) is 0 Å². The molecule has 24 heavy (non-hydrogen) atoms. The highest BCUT2D eigenvalue weighted by Gasteiger charge is 2.09. The van der Waals surface area contributed by atoms with Crippen molar-refractivity contribution in [2.75, 3.05) is 13.7 Å². The fourth-order valence-electron chi connectivity index (χ4n) is 2.32. The number of methoxy groups -OCH3 is 1. The molecule has 3 rings (SSSR count). The van der Waals surface area contributed by atoms with Crippen molar-refractivity contribution < 1.29 is 18.7 Å². The van der Waals surface area contributed by atoms with Gasteiger partial charge in [0.15, 0.2) is 11.2 Å². The molecule has 124 valence electrons. The number of benzene rings is 1. The highest BCUT2D eigenvalue weighted by atomic mass is 16.5. The number of carbonyl (C=O) groups is 1. The molecule has 0 radical (unpaired) electrons. The van der Waals surface area contributed by atoms with Gasteiger partial charge >= 0.3 is 11.7 Å². The lowest BCUT2D eigenvalue weighted by Crippen LogP contribution is -2.16. The molecule has 0 saturated carbocycles. The summed E-state index contributed by atoms with van der Waals surface area (Å²) in [5.74, 6) is -0.170. The SMILES string of the molecule is COC(=O)c1ccc(OCCCn2c(=O)oc3cccnc32)cc1. The predicted octanol–water partition coefficient (Wildman–Crippen LogP) is 2.25. The molecule has 7 nitrogen and oxygen atoms in total. The molecule has 0 unspecified atom stereocenters. The highest BCUT2D eigenvalue weighted by Crippen LogP contribution is 2.14. The van der Waals surface area contributed by atoms with Crippen LogP contribution in [0.1, 0.15) is 16.8 Å². The molecule has 3 aromatic rings. The molecule has 0 bridgehead atoms. The molecule has 0 saturated heterocycles. The molecule has 0 fully saturated rings. The van der Waals surface area contributed by atoms with E-state index in [-0.39, 0.29) is 5.97 Å². The molecule has 7 heteroatoms. The van der Waals surface area contributed by atoms with Gasteiger partial charge in [0.05, 0.1) is 19.3 Å². The quantitative estimate of drug-likeness (QED) is 0.510. The van der Waals surface area contributed by atoms with Gasteiger partial charge < -0.3 is 13.9 Å². The Morgan fingerprint density at radius 2 is 2.04 bits per heavy atom. The number of esters is 1. The number of fused-ring (bicyclic) bond motifs is 1. The Balaban J connectivity index is 1.56. The minimum absolute atomic E-state index is 0.389. The minimum atomic E-state index is -0.425. The van der Waals surface area contributed by atoms with E-state index in [1.807, 2.05) is 0 Å². The van der Waals surface area contributed by atoms with E-state index < -0.39 is 5.76 Å². The number of aryl methyl sites for hydroxylation is 1. The fourth-order valence-corrected chi connectivity index (χ4v) is 2.32. The molecular formula is C17H16N2O5. The van der Waals surface area contributed by atoms with Crippen LogP contribution in [-0.4, -0.2) is 29.2 Å². The van der Waals surface area contributed by atoms with E-state index in [2.05, 4.69) is 9.72 Å². The molecule has 0 aliphatic rings. The number of pyridine rings is 1. The van der Waals surface area contributed by atoms with Crippen molar-refractivity contribution in [2.24, 2.45) is 0 Å². The number of ether oxygens (including phenoxy) is 2. The average molecular weight is 328 g/mol. The Bertz CT molecular complexity index is 895. The zero-order valence-electron chi connectivity index (χ0n) is 13.1. The van der Waals surface area contributed by atoms with E-state index >= 15 is 0 Å². The summed E-state index contributed by atoms with van der Waals surface area (Å²) in [5.41, 5.74) is 1.47. The van der Waals surface area contributed by atoms with Gasteiger partial charge in [0.1, 0.15) is 5.75 Å². The summed E-state index contributed by atoms with van der Waals surface area (Å²) in [6.45, 7) is 0.868. The summed E-state index contributed by atoms with van der Waals surface area (Å²) >= 11 is 0. The van der Waals surface area contributed by atoms with Crippen molar-refractivity contribution in [3.05, 3.63) is 58.7 Å². The maximum atomic E-state index is 11.8. The van der Waals surface area contributed by atoms with Gasteiger partial charge in [-0.15, -0.1) is 0 Å². The van der Waals surface area contributed by atoms with Gasteiger partial charge in [0, 0.05) is 12.7 Å². The number of hydrogen-bond donors (Lipinski definition) is 0.